The standard InChI is InChI=1S/C17H14ClN3O3/c1-10-7-8-11(18)9-13(10)19-15(22)17-21-20-16(24-17)12-5-3-4-6-14(12)23-2/h3-9H,1-2H3,(H,19,22). The average Bonchev–Trinajstić information content (AvgIpc) is 3.08. The number of aromatic nitrogens is 2. The monoisotopic (exact) mass is 343 g/mol. The van der Waals surface area contributed by atoms with Crippen molar-refractivity contribution < 1.29 is 13.9 Å². The number of rotatable bonds is 4. The maximum Gasteiger partial charge on any atom is 0.313 e. The van der Waals surface area contributed by atoms with Crippen LogP contribution in [0.5, 0.6) is 5.75 Å². The quantitative estimate of drug-likeness (QED) is 0.775. The number of hydrogen-bond donors (Lipinski definition) is 1. The molecule has 6 nitrogen and oxygen atoms in total. The minimum atomic E-state index is -0.506. The van der Waals surface area contributed by atoms with Gasteiger partial charge in [-0.25, -0.2) is 0 Å². The highest BCUT2D eigenvalue weighted by Crippen LogP contribution is 2.28. The van der Waals surface area contributed by atoms with Gasteiger partial charge in [0.2, 0.25) is 0 Å². The molecule has 3 rings (SSSR count). The number of benzene rings is 2. The summed E-state index contributed by atoms with van der Waals surface area (Å²) < 4.78 is 10.7. The van der Waals surface area contributed by atoms with Gasteiger partial charge in [-0.15, -0.1) is 10.2 Å². The Hall–Kier alpha value is -2.86. The van der Waals surface area contributed by atoms with Crippen LogP contribution in [0, 0.1) is 6.92 Å². The molecule has 122 valence electrons. The molecule has 0 unspecified atom stereocenters. The Balaban J connectivity index is 1.85. The maximum atomic E-state index is 12.3. The van der Waals surface area contributed by atoms with E-state index in [1.807, 2.05) is 25.1 Å². The molecular formula is C17H14ClN3O3. The van der Waals surface area contributed by atoms with Crippen LogP contribution < -0.4 is 10.1 Å². The molecule has 2 aromatic carbocycles. The number of carbonyl (C=O) groups is 1. The van der Waals surface area contributed by atoms with Crippen molar-refractivity contribution in [2.75, 3.05) is 12.4 Å². The average molecular weight is 344 g/mol. The first kappa shape index (κ1) is 16.0. The van der Waals surface area contributed by atoms with E-state index >= 15 is 0 Å². The van der Waals surface area contributed by atoms with Gasteiger partial charge in [0, 0.05) is 10.7 Å². The Labute approximate surface area is 143 Å². The zero-order valence-electron chi connectivity index (χ0n) is 13.0. The first-order valence-electron chi connectivity index (χ1n) is 7.13. The fraction of sp³-hybridized carbons (Fsp3) is 0.118. The minimum Gasteiger partial charge on any atom is -0.496 e. The van der Waals surface area contributed by atoms with Crippen LogP contribution >= 0.6 is 11.6 Å². The first-order valence-corrected chi connectivity index (χ1v) is 7.50. The molecule has 7 heteroatoms. The number of anilines is 1. The van der Waals surface area contributed by atoms with E-state index in [2.05, 4.69) is 15.5 Å². The predicted molar refractivity (Wildman–Crippen MR) is 90.4 cm³/mol. The molecule has 0 atom stereocenters. The Morgan fingerprint density at radius 1 is 1.21 bits per heavy atom. The number of halogens is 1. The third-order valence-electron chi connectivity index (χ3n) is 3.40. The molecule has 0 saturated carbocycles. The molecule has 1 N–H and O–H groups in total. The molecule has 0 spiro atoms. The smallest absolute Gasteiger partial charge is 0.313 e. The van der Waals surface area contributed by atoms with Crippen LogP contribution in [0.3, 0.4) is 0 Å². The summed E-state index contributed by atoms with van der Waals surface area (Å²) in [5.41, 5.74) is 2.08. The van der Waals surface area contributed by atoms with Gasteiger partial charge in [-0.05, 0) is 36.8 Å². The normalized spacial score (nSPS) is 10.5. The highest BCUT2D eigenvalue weighted by molar-refractivity contribution is 6.31. The second kappa shape index (κ2) is 6.72. The van der Waals surface area contributed by atoms with E-state index in [-0.39, 0.29) is 11.8 Å². The summed E-state index contributed by atoms with van der Waals surface area (Å²) in [6.45, 7) is 1.86. The Kier molecular flexibility index (Phi) is 4.48. The second-order valence-corrected chi connectivity index (χ2v) is 5.46. The summed E-state index contributed by atoms with van der Waals surface area (Å²) in [6.07, 6.45) is 0. The third kappa shape index (κ3) is 3.23. The summed E-state index contributed by atoms with van der Waals surface area (Å²) in [6, 6.07) is 12.4. The van der Waals surface area contributed by atoms with E-state index in [9.17, 15) is 4.79 Å². The maximum absolute atomic E-state index is 12.3. The molecule has 0 bridgehead atoms. The van der Waals surface area contributed by atoms with E-state index in [1.165, 1.54) is 0 Å². The Bertz CT molecular complexity index is 892. The van der Waals surface area contributed by atoms with Crippen LogP contribution in [0.1, 0.15) is 16.2 Å². The van der Waals surface area contributed by atoms with E-state index in [0.29, 0.717) is 22.0 Å². The SMILES string of the molecule is COc1ccccc1-c1nnc(C(=O)Nc2cc(Cl)ccc2C)o1. The number of para-hydroxylation sites is 1. The van der Waals surface area contributed by atoms with Crippen molar-refractivity contribution in [3.63, 3.8) is 0 Å². The van der Waals surface area contributed by atoms with Gasteiger partial charge in [0.15, 0.2) is 0 Å². The number of amides is 1. The molecular weight excluding hydrogens is 330 g/mol. The van der Waals surface area contributed by atoms with Crippen molar-refractivity contribution in [3.05, 3.63) is 58.9 Å². The molecule has 0 aliphatic heterocycles. The molecule has 0 aliphatic rings. The fourth-order valence-electron chi connectivity index (χ4n) is 2.15. The van der Waals surface area contributed by atoms with Crippen LogP contribution in [0.4, 0.5) is 5.69 Å². The van der Waals surface area contributed by atoms with Gasteiger partial charge in [-0.2, -0.15) is 0 Å². The number of nitrogens with zero attached hydrogens (tertiary/aromatic N) is 2. The van der Waals surface area contributed by atoms with Crippen LogP contribution in [0.2, 0.25) is 5.02 Å². The highest BCUT2D eigenvalue weighted by atomic mass is 35.5. The lowest BCUT2D eigenvalue weighted by Gasteiger charge is -2.06. The lowest BCUT2D eigenvalue weighted by atomic mass is 10.2. The molecule has 1 aromatic heterocycles. The van der Waals surface area contributed by atoms with Crippen molar-refractivity contribution >= 4 is 23.2 Å². The van der Waals surface area contributed by atoms with Crippen molar-refractivity contribution in [3.8, 4) is 17.2 Å². The topological polar surface area (TPSA) is 77.2 Å². The van der Waals surface area contributed by atoms with Crippen LogP contribution in [-0.4, -0.2) is 23.2 Å². The first-order chi connectivity index (χ1) is 11.6. The molecule has 0 fully saturated rings. The molecule has 0 aliphatic carbocycles. The van der Waals surface area contributed by atoms with Crippen molar-refractivity contribution in [2.45, 2.75) is 6.92 Å². The zero-order chi connectivity index (χ0) is 17.1. The van der Waals surface area contributed by atoms with Gasteiger partial charge >= 0.3 is 11.8 Å². The Morgan fingerprint density at radius 3 is 2.79 bits per heavy atom. The van der Waals surface area contributed by atoms with E-state index in [1.54, 1.807) is 31.4 Å². The molecule has 1 amide bonds. The zero-order valence-corrected chi connectivity index (χ0v) is 13.8. The van der Waals surface area contributed by atoms with Crippen LogP contribution in [0.15, 0.2) is 46.9 Å². The molecule has 3 aromatic rings. The molecule has 1 heterocycles. The van der Waals surface area contributed by atoms with Gasteiger partial charge < -0.3 is 14.5 Å². The summed E-state index contributed by atoms with van der Waals surface area (Å²) in [4.78, 5) is 12.3. The van der Waals surface area contributed by atoms with Gasteiger partial charge in [0.25, 0.3) is 5.89 Å². The number of ether oxygens (including phenoxy) is 1. The summed E-state index contributed by atoms with van der Waals surface area (Å²) >= 11 is 5.95. The highest BCUT2D eigenvalue weighted by Gasteiger charge is 2.18. The number of aryl methyl sites for hydroxylation is 1. The van der Waals surface area contributed by atoms with Crippen molar-refractivity contribution in [1.29, 1.82) is 0 Å². The molecule has 0 radical (unpaired) electrons. The van der Waals surface area contributed by atoms with Gasteiger partial charge in [0.1, 0.15) is 5.75 Å². The third-order valence-corrected chi connectivity index (χ3v) is 3.64. The van der Waals surface area contributed by atoms with Crippen LogP contribution in [0.25, 0.3) is 11.5 Å². The second-order valence-electron chi connectivity index (χ2n) is 5.03. The van der Waals surface area contributed by atoms with Crippen molar-refractivity contribution in [1.82, 2.24) is 10.2 Å². The summed E-state index contributed by atoms with van der Waals surface area (Å²) in [7, 11) is 1.55. The molecule has 0 saturated heterocycles. The van der Waals surface area contributed by atoms with Gasteiger partial charge in [-0.3, -0.25) is 4.79 Å². The summed E-state index contributed by atoms with van der Waals surface area (Å²) in [5, 5.41) is 10.9. The lowest BCUT2D eigenvalue weighted by Crippen LogP contribution is -2.13. The number of nitrogens with one attached hydrogen (secondary N) is 1. The van der Waals surface area contributed by atoms with Crippen LogP contribution in [-0.2, 0) is 0 Å². The van der Waals surface area contributed by atoms with E-state index in [0.717, 1.165) is 5.56 Å². The predicted octanol–water partition coefficient (Wildman–Crippen LogP) is 3.96. The summed E-state index contributed by atoms with van der Waals surface area (Å²) in [5.74, 6) is 0.142. The van der Waals surface area contributed by atoms with Crippen molar-refractivity contribution in [2.24, 2.45) is 0 Å². The largest absolute Gasteiger partial charge is 0.496 e. The minimum absolute atomic E-state index is 0.143. The Morgan fingerprint density at radius 2 is 2.00 bits per heavy atom. The fourth-order valence-corrected chi connectivity index (χ4v) is 2.32. The van der Waals surface area contributed by atoms with Gasteiger partial charge in [0.05, 0.1) is 12.7 Å². The number of carbonyl (C=O) groups excluding carboxylic acids is 1. The van der Waals surface area contributed by atoms with E-state index < -0.39 is 5.91 Å². The number of hydrogen-bond acceptors (Lipinski definition) is 5. The van der Waals surface area contributed by atoms with Gasteiger partial charge in [-0.1, -0.05) is 29.8 Å². The van der Waals surface area contributed by atoms with E-state index in [4.69, 9.17) is 20.8 Å². The molecule has 24 heavy (non-hydrogen) atoms. The number of methoxy groups -OCH3 is 1. The lowest BCUT2D eigenvalue weighted by molar-refractivity contribution is 0.0990.